The molecule has 0 aliphatic carbocycles. The summed E-state index contributed by atoms with van der Waals surface area (Å²) in [6, 6.07) is 16.5. The molecule has 0 saturated carbocycles. The van der Waals surface area contributed by atoms with Crippen LogP contribution in [0, 0.1) is 0 Å². The zero-order chi connectivity index (χ0) is 22.2. The van der Waals surface area contributed by atoms with E-state index in [2.05, 4.69) is 5.32 Å². The highest BCUT2D eigenvalue weighted by Crippen LogP contribution is 2.20. The van der Waals surface area contributed by atoms with Crippen molar-refractivity contribution in [3.63, 3.8) is 0 Å². The first-order valence-electron chi connectivity index (χ1n) is 10.8. The summed E-state index contributed by atoms with van der Waals surface area (Å²) >= 11 is 0. The minimum Gasteiger partial charge on any atom is -0.490 e. The van der Waals surface area contributed by atoms with Gasteiger partial charge in [0.15, 0.2) is 5.78 Å². The lowest BCUT2D eigenvalue weighted by Gasteiger charge is -2.15. The van der Waals surface area contributed by atoms with Gasteiger partial charge < -0.3 is 15.2 Å². The van der Waals surface area contributed by atoms with Crippen LogP contribution in [0.1, 0.15) is 42.4 Å². The third-order valence-corrected chi connectivity index (χ3v) is 3.70. The van der Waals surface area contributed by atoms with Gasteiger partial charge in [-0.3, -0.25) is 4.79 Å². The number of carbonyl (C=O) groups is 1. The van der Waals surface area contributed by atoms with Gasteiger partial charge in [-0.1, -0.05) is 49.3 Å². The van der Waals surface area contributed by atoms with Gasteiger partial charge in [0.2, 0.25) is 0 Å². The van der Waals surface area contributed by atoms with E-state index in [-0.39, 0.29) is 18.9 Å². The fraction of sp³-hybridized carbons (Fsp3) is 0.381. The third-order valence-electron chi connectivity index (χ3n) is 3.70. The maximum Gasteiger partial charge on any atom is 0.166 e. The van der Waals surface area contributed by atoms with Crippen LogP contribution in [-0.4, -0.2) is 36.7 Å². The number of rotatable bonds is 11. The molecule has 0 amide bonds. The number of aliphatic hydroxyl groups excluding tert-OH is 1. The Balaban J connectivity index is 1.85. The Morgan fingerprint density at radius 3 is 2.80 bits per heavy atom. The van der Waals surface area contributed by atoms with Crippen LogP contribution in [0.25, 0.3) is 0 Å². The molecule has 25 heavy (non-hydrogen) atoms. The second kappa shape index (κ2) is 10.6. The highest BCUT2D eigenvalue weighted by molar-refractivity contribution is 5.98. The van der Waals surface area contributed by atoms with Crippen LogP contribution in [0.5, 0.6) is 5.75 Å². The SMILES string of the molecule is [2H]C([2H])([2H])C([2H])([2H])CNCC(O)COc1ccccc1C(=O)CCc1ccccc1. The Morgan fingerprint density at radius 1 is 1.24 bits per heavy atom. The molecule has 2 aromatic carbocycles. The standard InChI is InChI=1S/C21H27NO3/c1-2-14-22-15-18(23)16-25-21-11-7-6-10-19(21)20(24)13-12-17-8-4-3-5-9-17/h3-11,18,22-23H,2,12-16H2,1H3/i1D3,2D2. The quantitative estimate of drug-likeness (QED) is 0.613. The Bertz CT molecular complexity index is 812. The van der Waals surface area contributed by atoms with Crippen molar-refractivity contribution >= 4 is 5.78 Å². The van der Waals surface area contributed by atoms with Crippen LogP contribution >= 0.6 is 0 Å². The molecule has 1 atom stereocenters. The predicted octanol–water partition coefficient (Wildman–Crippen LogP) is 3.24. The van der Waals surface area contributed by atoms with Gasteiger partial charge in [-0.05, 0) is 37.0 Å². The van der Waals surface area contributed by atoms with E-state index in [0.29, 0.717) is 24.2 Å². The molecule has 0 saturated heterocycles. The first kappa shape index (κ1) is 13.1. The van der Waals surface area contributed by atoms with Crippen molar-refractivity contribution < 1.29 is 21.5 Å². The minimum absolute atomic E-state index is 0.0420. The first-order chi connectivity index (χ1) is 14.1. The summed E-state index contributed by atoms with van der Waals surface area (Å²) < 4.78 is 42.2. The number of carbonyl (C=O) groups excluding carboxylic acids is 1. The number of aliphatic hydroxyl groups is 1. The molecule has 4 heteroatoms. The van der Waals surface area contributed by atoms with Crippen LogP contribution in [0.15, 0.2) is 54.6 Å². The number of Topliss-reactive ketones (excluding diaryl/α,β-unsaturated/α-hetero) is 1. The maximum atomic E-state index is 12.6. The number of aryl methyl sites for hydroxylation is 1. The number of nitrogens with one attached hydrogen (secondary N) is 1. The Labute approximate surface area is 156 Å². The average molecular weight is 346 g/mol. The second-order valence-corrected chi connectivity index (χ2v) is 5.68. The summed E-state index contributed by atoms with van der Waals surface area (Å²) in [4.78, 5) is 12.6. The van der Waals surface area contributed by atoms with Crippen molar-refractivity contribution in [3.05, 3.63) is 65.7 Å². The summed E-state index contributed by atoms with van der Waals surface area (Å²) in [5.41, 5.74) is 1.51. The molecule has 1 unspecified atom stereocenters. The lowest BCUT2D eigenvalue weighted by Crippen LogP contribution is -2.32. The van der Waals surface area contributed by atoms with Gasteiger partial charge >= 0.3 is 0 Å². The highest BCUT2D eigenvalue weighted by atomic mass is 16.5. The molecule has 0 aromatic heterocycles. The Hall–Kier alpha value is -2.17. The van der Waals surface area contributed by atoms with Crippen molar-refractivity contribution in [2.24, 2.45) is 0 Å². The van der Waals surface area contributed by atoms with Crippen LogP contribution in [0.2, 0.25) is 0 Å². The van der Waals surface area contributed by atoms with E-state index in [1.165, 1.54) is 0 Å². The number of para-hydroxylation sites is 1. The minimum atomic E-state index is -2.75. The van der Waals surface area contributed by atoms with Crippen LogP contribution in [0.4, 0.5) is 0 Å². The van der Waals surface area contributed by atoms with Gasteiger partial charge in [-0.2, -0.15) is 0 Å². The zero-order valence-corrected chi connectivity index (χ0v) is 14.1. The van der Waals surface area contributed by atoms with Crippen molar-refractivity contribution in [2.75, 3.05) is 19.7 Å². The lowest BCUT2D eigenvalue weighted by atomic mass is 10.0. The lowest BCUT2D eigenvalue weighted by molar-refractivity contribution is 0.0950. The summed E-state index contributed by atoms with van der Waals surface area (Å²) in [6.45, 7) is -3.33. The number of ether oxygens (including phenoxy) is 1. The normalized spacial score (nSPS) is 16.0. The molecule has 0 bridgehead atoms. The second-order valence-electron chi connectivity index (χ2n) is 5.68. The molecular weight excluding hydrogens is 314 g/mol. The van der Waals surface area contributed by atoms with Gasteiger partial charge in [-0.25, -0.2) is 0 Å². The molecule has 0 aliphatic rings. The van der Waals surface area contributed by atoms with E-state index < -0.39 is 25.9 Å². The number of hydrogen-bond donors (Lipinski definition) is 2. The van der Waals surface area contributed by atoms with Crippen LogP contribution in [-0.2, 0) is 6.42 Å². The monoisotopic (exact) mass is 346 g/mol. The van der Waals surface area contributed by atoms with Gasteiger partial charge in [0.05, 0.1) is 5.56 Å². The summed E-state index contributed by atoms with van der Waals surface area (Å²) in [6.07, 6.45) is -2.44. The number of benzene rings is 2. The topological polar surface area (TPSA) is 58.6 Å². The molecule has 0 heterocycles. The Kier molecular flexibility index (Phi) is 5.57. The maximum absolute atomic E-state index is 12.6. The smallest absolute Gasteiger partial charge is 0.166 e. The van der Waals surface area contributed by atoms with E-state index in [0.717, 1.165) is 5.56 Å². The molecule has 2 N–H and O–H groups in total. The van der Waals surface area contributed by atoms with Crippen molar-refractivity contribution in [1.29, 1.82) is 0 Å². The molecule has 2 aromatic rings. The average Bonchev–Trinajstić information content (AvgIpc) is 2.70. The van der Waals surface area contributed by atoms with Crippen molar-refractivity contribution in [2.45, 2.75) is 32.2 Å². The van der Waals surface area contributed by atoms with E-state index in [1.807, 2.05) is 30.3 Å². The predicted molar refractivity (Wildman–Crippen MR) is 100 cm³/mol. The van der Waals surface area contributed by atoms with Crippen LogP contribution < -0.4 is 10.1 Å². The number of ketones is 1. The first-order valence-corrected chi connectivity index (χ1v) is 8.28. The van der Waals surface area contributed by atoms with Gasteiger partial charge in [0.1, 0.15) is 18.5 Å². The van der Waals surface area contributed by atoms with Gasteiger partial charge in [0, 0.05) is 19.8 Å². The summed E-state index contributed by atoms with van der Waals surface area (Å²) in [5.74, 6) is 0.306. The fourth-order valence-electron chi connectivity index (χ4n) is 2.41. The molecule has 4 nitrogen and oxygen atoms in total. The van der Waals surface area contributed by atoms with Gasteiger partial charge in [-0.15, -0.1) is 0 Å². The summed E-state index contributed by atoms with van der Waals surface area (Å²) in [7, 11) is 0. The molecule has 134 valence electrons. The molecule has 0 spiro atoms. The van der Waals surface area contributed by atoms with E-state index in [1.54, 1.807) is 24.3 Å². The molecule has 0 aliphatic heterocycles. The van der Waals surface area contributed by atoms with Crippen molar-refractivity contribution in [3.8, 4) is 5.75 Å². The van der Waals surface area contributed by atoms with Crippen LogP contribution in [0.3, 0.4) is 0 Å². The van der Waals surface area contributed by atoms with E-state index in [9.17, 15) is 9.90 Å². The van der Waals surface area contributed by atoms with E-state index in [4.69, 9.17) is 11.6 Å². The Morgan fingerprint density at radius 2 is 2.00 bits per heavy atom. The highest BCUT2D eigenvalue weighted by Gasteiger charge is 2.13. The van der Waals surface area contributed by atoms with Crippen molar-refractivity contribution in [1.82, 2.24) is 5.32 Å². The fourth-order valence-corrected chi connectivity index (χ4v) is 2.41. The van der Waals surface area contributed by atoms with Gasteiger partial charge in [0.25, 0.3) is 0 Å². The third kappa shape index (κ3) is 6.69. The largest absolute Gasteiger partial charge is 0.490 e. The van der Waals surface area contributed by atoms with E-state index >= 15 is 0 Å². The number of hydrogen-bond acceptors (Lipinski definition) is 4. The molecule has 2 rings (SSSR count). The molecule has 0 fully saturated rings. The molecular formula is C21H27NO3. The zero-order valence-electron chi connectivity index (χ0n) is 19.1. The summed E-state index contributed by atoms with van der Waals surface area (Å²) in [5, 5.41) is 12.7. The molecule has 0 radical (unpaired) electrons.